The molecule has 28 heavy (non-hydrogen) atoms. The van der Waals surface area contributed by atoms with E-state index in [4.69, 9.17) is 11.6 Å². The molecule has 1 amide bonds. The lowest BCUT2D eigenvalue weighted by molar-refractivity contribution is 0.101. The van der Waals surface area contributed by atoms with Gasteiger partial charge in [-0.2, -0.15) is 0 Å². The SMILES string of the molecule is C=CCn1c(C(=O)Nc2c(C)cc(C)cc2Cl)c(C)c2cc(C(C)C)ccc21. The number of amides is 1. The molecule has 0 spiro atoms. The Morgan fingerprint density at radius 3 is 2.54 bits per heavy atom. The molecule has 0 saturated carbocycles. The smallest absolute Gasteiger partial charge is 0.272 e. The van der Waals surface area contributed by atoms with E-state index in [1.54, 1.807) is 0 Å². The predicted molar refractivity (Wildman–Crippen MR) is 120 cm³/mol. The van der Waals surface area contributed by atoms with Crippen molar-refractivity contribution in [3.63, 3.8) is 0 Å². The molecule has 0 aliphatic carbocycles. The minimum Gasteiger partial charge on any atom is -0.332 e. The third-order valence-corrected chi connectivity index (χ3v) is 5.50. The van der Waals surface area contributed by atoms with Gasteiger partial charge in [0.2, 0.25) is 0 Å². The molecular weight excluding hydrogens is 368 g/mol. The highest BCUT2D eigenvalue weighted by Crippen LogP contribution is 2.32. The molecule has 0 unspecified atom stereocenters. The Bertz CT molecular complexity index is 1050. The van der Waals surface area contributed by atoms with Crippen molar-refractivity contribution in [1.29, 1.82) is 0 Å². The number of rotatable bonds is 5. The van der Waals surface area contributed by atoms with Crippen molar-refractivity contribution in [3.8, 4) is 0 Å². The number of allylic oxidation sites excluding steroid dienone is 1. The first-order valence-corrected chi connectivity index (χ1v) is 9.94. The molecule has 1 aromatic heterocycles. The fourth-order valence-corrected chi connectivity index (χ4v) is 4.13. The molecule has 0 saturated heterocycles. The highest BCUT2D eigenvalue weighted by Gasteiger charge is 2.21. The standard InChI is InChI=1S/C24H27ClN2O/c1-7-10-27-21-9-8-18(14(2)3)13-19(21)17(6)23(27)24(28)26-22-16(5)11-15(4)12-20(22)25/h7-9,11-14H,1,10H2,2-6H3,(H,26,28). The van der Waals surface area contributed by atoms with E-state index in [1.807, 2.05) is 43.5 Å². The summed E-state index contributed by atoms with van der Waals surface area (Å²) in [7, 11) is 0. The summed E-state index contributed by atoms with van der Waals surface area (Å²) < 4.78 is 2.02. The summed E-state index contributed by atoms with van der Waals surface area (Å²) in [6.07, 6.45) is 1.82. The highest BCUT2D eigenvalue weighted by atomic mass is 35.5. The van der Waals surface area contributed by atoms with Gasteiger partial charge in [-0.05, 0) is 67.1 Å². The maximum Gasteiger partial charge on any atom is 0.272 e. The zero-order valence-corrected chi connectivity index (χ0v) is 17.9. The summed E-state index contributed by atoms with van der Waals surface area (Å²) in [6.45, 7) is 14.7. The Balaban J connectivity index is 2.13. The number of nitrogens with one attached hydrogen (secondary N) is 1. The van der Waals surface area contributed by atoms with Crippen LogP contribution in [0.5, 0.6) is 0 Å². The van der Waals surface area contributed by atoms with E-state index in [9.17, 15) is 4.79 Å². The van der Waals surface area contributed by atoms with Gasteiger partial charge in [0, 0.05) is 17.4 Å². The van der Waals surface area contributed by atoms with Crippen molar-refractivity contribution in [1.82, 2.24) is 4.57 Å². The number of aryl methyl sites for hydroxylation is 3. The number of carbonyl (C=O) groups is 1. The fraction of sp³-hybridized carbons (Fsp3) is 0.292. The van der Waals surface area contributed by atoms with Gasteiger partial charge < -0.3 is 9.88 Å². The summed E-state index contributed by atoms with van der Waals surface area (Å²) in [5, 5.41) is 4.69. The van der Waals surface area contributed by atoms with Crippen LogP contribution in [0.1, 0.15) is 52.5 Å². The second-order valence-corrected chi connectivity index (χ2v) is 8.10. The summed E-state index contributed by atoms with van der Waals surface area (Å²) in [5.74, 6) is 0.272. The number of hydrogen-bond donors (Lipinski definition) is 1. The highest BCUT2D eigenvalue weighted by molar-refractivity contribution is 6.34. The molecule has 1 N–H and O–H groups in total. The van der Waals surface area contributed by atoms with Gasteiger partial charge >= 0.3 is 0 Å². The van der Waals surface area contributed by atoms with E-state index in [0.717, 1.165) is 27.6 Å². The quantitative estimate of drug-likeness (QED) is 0.475. The van der Waals surface area contributed by atoms with E-state index >= 15 is 0 Å². The second-order valence-electron chi connectivity index (χ2n) is 7.70. The number of fused-ring (bicyclic) bond motifs is 1. The molecule has 0 fully saturated rings. The van der Waals surface area contributed by atoms with Crippen molar-refractivity contribution in [2.24, 2.45) is 0 Å². The van der Waals surface area contributed by atoms with Gasteiger partial charge in [-0.15, -0.1) is 6.58 Å². The molecule has 3 rings (SSSR count). The van der Waals surface area contributed by atoms with Crippen molar-refractivity contribution in [3.05, 3.63) is 76.0 Å². The van der Waals surface area contributed by atoms with Crippen LogP contribution in [0.15, 0.2) is 43.0 Å². The van der Waals surface area contributed by atoms with E-state index < -0.39 is 0 Å². The topological polar surface area (TPSA) is 34.0 Å². The van der Waals surface area contributed by atoms with Crippen molar-refractivity contribution in [2.75, 3.05) is 5.32 Å². The molecule has 4 heteroatoms. The molecule has 2 aromatic carbocycles. The van der Waals surface area contributed by atoms with Gasteiger partial charge in [0.25, 0.3) is 5.91 Å². The summed E-state index contributed by atoms with van der Waals surface area (Å²) >= 11 is 6.40. The van der Waals surface area contributed by atoms with Gasteiger partial charge in [-0.25, -0.2) is 0 Å². The summed E-state index contributed by atoms with van der Waals surface area (Å²) in [4.78, 5) is 13.3. The number of nitrogens with zero attached hydrogens (tertiary/aromatic N) is 1. The number of carbonyl (C=O) groups excluding carboxylic acids is 1. The first kappa shape index (κ1) is 20.2. The first-order chi connectivity index (χ1) is 13.2. The maximum atomic E-state index is 13.3. The van der Waals surface area contributed by atoms with Gasteiger partial charge in [-0.3, -0.25) is 4.79 Å². The average Bonchev–Trinajstić information content (AvgIpc) is 2.90. The molecule has 146 valence electrons. The third-order valence-electron chi connectivity index (χ3n) is 5.20. The lowest BCUT2D eigenvalue weighted by atomic mass is 10.0. The molecule has 0 aliphatic rings. The Hall–Kier alpha value is -2.52. The molecular formula is C24H27ClN2O. The van der Waals surface area contributed by atoms with Gasteiger partial charge in [-0.1, -0.05) is 43.7 Å². The lowest BCUT2D eigenvalue weighted by Gasteiger charge is -2.14. The molecule has 0 bridgehead atoms. The minimum absolute atomic E-state index is 0.157. The molecule has 0 atom stereocenters. The number of halogens is 1. The molecule has 0 aliphatic heterocycles. The van der Waals surface area contributed by atoms with Crippen LogP contribution in [-0.2, 0) is 6.54 Å². The first-order valence-electron chi connectivity index (χ1n) is 9.56. The zero-order valence-electron chi connectivity index (χ0n) is 17.2. The fourth-order valence-electron chi connectivity index (χ4n) is 3.76. The zero-order chi connectivity index (χ0) is 20.6. The monoisotopic (exact) mass is 394 g/mol. The Morgan fingerprint density at radius 2 is 1.93 bits per heavy atom. The van der Waals surface area contributed by atoms with Crippen LogP contribution in [0.4, 0.5) is 5.69 Å². The number of anilines is 1. The Morgan fingerprint density at radius 1 is 1.21 bits per heavy atom. The van der Waals surface area contributed by atoms with Crippen molar-refractivity contribution >= 4 is 34.1 Å². The number of benzene rings is 2. The molecule has 3 nitrogen and oxygen atoms in total. The third kappa shape index (κ3) is 3.59. The normalized spacial score (nSPS) is 11.2. The second kappa shape index (κ2) is 7.84. The molecule has 1 heterocycles. The van der Waals surface area contributed by atoms with Crippen LogP contribution in [0, 0.1) is 20.8 Å². The van der Waals surface area contributed by atoms with Crippen molar-refractivity contribution < 1.29 is 4.79 Å². The lowest BCUT2D eigenvalue weighted by Crippen LogP contribution is -2.19. The maximum absolute atomic E-state index is 13.3. The van der Waals surface area contributed by atoms with E-state index in [0.29, 0.717) is 28.9 Å². The number of hydrogen-bond acceptors (Lipinski definition) is 1. The Labute approximate surface area is 172 Å². The van der Waals surface area contributed by atoms with Crippen molar-refractivity contribution in [2.45, 2.75) is 47.1 Å². The summed E-state index contributed by atoms with van der Waals surface area (Å²) in [5.41, 5.74) is 6.59. The van der Waals surface area contributed by atoms with Crippen LogP contribution in [0.2, 0.25) is 5.02 Å². The van der Waals surface area contributed by atoms with Crippen LogP contribution >= 0.6 is 11.6 Å². The predicted octanol–water partition coefficient (Wildman–Crippen LogP) is 6.78. The van der Waals surface area contributed by atoms with Gasteiger partial charge in [0.05, 0.1) is 10.7 Å². The van der Waals surface area contributed by atoms with E-state index in [1.165, 1.54) is 5.56 Å². The molecule has 0 radical (unpaired) electrons. The average molecular weight is 395 g/mol. The van der Waals surface area contributed by atoms with Gasteiger partial charge in [0.1, 0.15) is 5.69 Å². The molecule has 3 aromatic rings. The summed E-state index contributed by atoms with van der Waals surface area (Å²) in [6, 6.07) is 10.3. The minimum atomic E-state index is -0.157. The van der Waals surface area contributed by atoms with E-state index in [-0.39, 0.29) is 5.91 Å². The number of aromatic nitrogens is 1. The van der Waals surface area contributed by atoms with Gasteiger partial charge in [0.15, 0.2) is 0 Å². The van der Waals surface area contributed by atoms with Crippen LogP contribution in [0.25, 0.3) is 10.9 Å². The van der Waals surface area contributed by atoms with Crippen LogP contribution < -0.4 is 5.32 Å². The van der Waals surface area contributed by atoms with Crippen LogP contribution in [-0.4, -0.2) is 10.5 Å². The van der Waals surface area contributed by atoms with E-state index in [2.05, 4.69) is 43.9 Å². The Kier molecular flexibility index (Phi) is 5.66. The van der Waals surface area contributed by atoms with Crippen LogP contribution in [0.3, 0.4) is 0 Å². The largest absolute Gasteiger partial charge is 0.332 e.